The second-order valence-corrected chi connectivity index (χ2v) is 5.92. The van der Waals surface area contributed by atoms with Gasteiger partial charge in [-0.1, -0.05) is 6.07 Å². The first kappa shape index (κ1) is 11.8. The zero-order valence-electron chi connectivity index (χ0n) is 9.56. The van der Waals surface area contributed by atoms with E-state index in [4.69, 9.17) is 0 Å². The highest BCUT2D eigenvalue weighted by atomic mass is 32.1. The topological polar surface area (TPSA) is 24.9 Å². The highest BCUT2D eigenvalue weighted by molar-refractivity contribution is 7.10. The fraction of sp³-hybridized carbons (Fsp3) is 0.417. The normalized spacial score (nSPS) is 12.9. The summed E-state index contributed by atoms with van der Waals surface area (Å²) in [7, 11) is 0. The minimum absolute atomic E-state index is 0.503. The van der Waals surface area contributed by atoms with Gasteiger partial charge in [0.15, 0.2) is 0 Å². The van der Waals surface area contributed by atoms with Crippen LogP contribution in [-0.2, 0) is 13.0 Å². The zero-order valence-corrected chi connectivity index (χ0v) is 11.2. The molecule has 0 aliphatic carbocycles. The van der Waals surface area contributed by atoms with Gasteiger partial charge in [0, 0.05) is 28.5 Å². The minimum Gasteiger partial charge on any atom is -0.308 e. The second kappa shape index (κ2) is 5.57. The monoisotopic (exact) mass is 252 g/mol. The lowest BCUT2D eigenvalue weighted by molar-refractivity contribution is 0.547. The smallest absolute Gasteiger partial charge is 0.107 e. The Balaban J connectivity index is 1.77. The first-order valence-corrected chi connectivity index (χ1v) is 7.17. The van der Waals surface area contributed by atoms with E-state index < -0.39 is 0 Å². The number of hydrogen-bond acceptors (Lipinski definition) is 4. The standard InChI is InChI=1S/C12H16N2S2/c1-9(6-11-4-3-5-15-11)13-7-12-14-10(2)8-16-12/h3-5,8-9,13H,6-7H2,1-2H3. The first-order valence-electron chi connectivity index (χ1n) is 5.41. The number of nitrogens with zero attached hydrogens (tertiary/aromatic N) is 1. The van der Waals surface area contributed by atoms with E-state index in [-0.39, 0.29) is 0 Å². The number of thiazole rings is 1. The average molecular weight is 252 g/mol. The van der Waals surface area contributed by atoms with E-state index >= 15 is 0 Å². The number of hydrogen-bond donors (Lipinski definition) is 1. The van der Waals surface area contributed by atoms with Crippen molar-refractivity contribution in [2.75, 3.05) is 0 Å². The first-order chi connectivity index (χ1) is 7.74. The predicted octanol–water partition coefficient (Wildman–Crippen LogP) is 3.23. The Morgan fingerprint density at radius 3 is 2.94 bits per heavy atom. The molecule has 4 heteroatoms. The molecule has 1 atom stereocenters. The lowest BCUT2D eigenvalue weighted by Crippen LogP contribution is -2.27. The van der Waals surface area contributed by atoms with E-state index in [1.165, 1.54) is 9.88 Å². The van der Waals surface area contributed by atoms with Gasteiger partial charge in [0.2, 0.25) is 0 Å². The van der Waals surface area contributed by atoms with E-state index in [2.05, 4.69) is 40.1 Å². The number of nitrogens with one attached hydrogen (secondary N) is 1. The summed E-state index contributed by atoms with van der Waals surface area (Å²) in [6.07, 6.45) is 1.10. The molecule has 0 saturated heterocycles. The molecule has 86 valence electrons. The molecule has 2 aromatic heterocycles. The van der Waals surface area contributed by atoms with Crippen LogP contribution in [-0.4, -0.2) is 11.0 Å². The van der Waals surface area contributed by atoms with Gasteiger partial charge in [-0.05, 0) is 31.7 Å². The Morgan fingerprint density at radius 2 is 2.31 bits per heavy atom. The molecule has 2 nitrogen and oxygen atoms in total. The lowest BCUT2D eigenvalue weighted by Gasteiger charge is -2.11. The molecule has 1 N–H and O–H groups in total. The van der Waals surface area contributed by atoms with Crippen LogP contribution in [0.25, 0.3) is 0 Å². The van der Waals surface area contributed by atoms with Crippen molar-refractivity contribution in [2.45, 2.75) is 32.9 Å². The van der Waals surface area contributed by atoms with Gasteiger partial charge in [-0.25, -0.2) is 4.98 Å². The Hall–Kier alpha value is -0.710. The molecule has 0 fully saturated rings. The van der Waals surface area contributed by atoms with Crippen molar-refractivity contribution in [1.82, 2.24) is 10.3 Å². The molecule has 1 unspecified atom stereocenters. The van der Waals surface area contributed by atoms with Crippen LogP contribution in [0.3, 0.4) is 0 Å². The maximum atomic E-state index is 4.44. The molecule has 16 heavy (non-hydrogen) atoms. The van der Waals surface area contributed by atoms with Crippen molar-refractivity contribution < 1.29 is 0 Å². The average Bonchev–Trinajstić information content (AvgIpc) is 2.87. The van der Waals surface area contributed by atoms with Gasteiger partial charge in [0.25, 0.3) is 0 Å². The molecular formula is C12H16N2S2. The van der Waals surface area contributed by atoms with Crippen LogP contribution in [0, 0.1) is 6.92 Å². The quantitative estimate of drug-likeness (QED) is 0.883. The third-order valence-electron chi connectivity index (χ3n) is 2.36. The highest BCUT2D eigenvalue weighted by Gasteiger charge is 2.05. The van der Waals surface area contributed by atoms with Crippen LogP contribution in [0.15, 0.2) is 22.9 Å². The molecule has 2 heterocycles. The number of aromatic nitrogens is 1. The molecule has 0 saturated carbocycles. The van der Waals surface area contributed by atoms with E-state index in [0.29, 0.717) is 6.04 Å². The maximum absolute atomic E-state index is 4.44. The van der Waals surface area contributed by atoms with E-state index in [9.17, 15) is 0 Å². The van der Waals surface area contributed by atoms with Crippen LogP contribution < -0.4 is 5.32 Å². The highest BCUT2D eigenvalue weighted by Crippen LogP contribution is 2.12. The van der Waals surface area contributed by atoms with Gasteiger partial charge >= 0.3 is 0 Å². The molecule has 0 aromatic carbocycles. The van der Waals surface area contributed by atoms with Gasteiger partial charge in [-0.2, -0.15) is 0 Å². The van der Waals surface area contributed by atoms with Crippen LogP contribution in [0.2, 0.25) is 0 Å². The van der Waals surface area contributed by atoms with Crippen LogP contribution >= 0.6 is 22.7 Å². The summed E-state index contributed by atoms with van der Waals surface area (Å²) in [5.74, 6) is 0. The fourth-order valence-corrected chi connectivity index (χ4v) is 3.11. The SMILES string of the molecule is Cc1csc(CNC(C)Cc2cccs2)n1. The zero-order chi connectivity index (χ0) is 11.4. The van der Waals surface area contributed by atoms with Crippen LogP contribution in [0.4, 0.5) is 0 Å². The Morgan fingerprint density at radius 1 is 1.44 bits per heavy atom. The van der Waals surface area contributed by atoms with Crippen molar-refractivity contribution in [3.8, 4) is 0 Å². The van der Waals surface area contributed by atoms with E-state index in [0.717, 1.165) is 18.7 Å². The molecule has 0 bridgehead atoms. The molecule has 2 aromatic rings. The molecule has 2 rings (SSSR count). The Labute approximate surface area is 104 Å². The van der Waals surface area contributed by atoms with Gasteiger partial charge in [0.05, 0.1) is 0 Å². The molecule has 0 amide bonds. The van der Waals surface area contributed by atoms with Gasteiger partial charge in [0.1, 0.15) is 5.01 Å². The van der Waals surface area contributed by atoms with Crippen LogP contribution in [0.1, 0.15) is 22.5 Å². The van der Waals surface area contributed by atoms with Crippen LogP contribution in [0.5, 0.6) is 0 Å². The summed E-state index contributed by atoms with van der Waals surface area (Å²) in [5, 5.41) is 8.91. The lowest BCUT2D eigenvalue weighted by atomic mass is 10.2. The van der Waals surface area contributed by atoms with Crippen molar-refractivity contribution in [3.63, 3.8) is 0 Å². The van der Waals surface area contributed by atoms with E-state index in [1.807, 2.05) is 18.3 Å². The van der Waals surface area contributed by atoms with Crippen molar-refractivity contribution in [2.24, 2.45) is 0 Å². The van der Waals surface area contributed by atoms with Gasteiger partial charge < -0.3 is 5.32 Å². The summed E-state index contributed by atoms with van der Waals surface area (Å²) in [6.45, 7) is 5.14. The third kappa shape index (κ3) is 3.40. The molecule has 0 aliphatic rings. The molecule has 0 radical (unpaired) electrons. The summed E-state index contributed by atoms with van der Waals surface area (Å²) in [6, 6.07) is 4.80. The summed E-state index contributed by atoms with van der Waals surface area (Å²) >= 11 is 3.55. The fourth-order valence-electron chi connectivity index (χ4n) is 1.55. The predicted molar refractivity (Wildman–Crippen MR) is 71.2 cm³/mol. The van der Waals surface area contributed by atoms with Gasteiger partial charge in [-0.3, -0.25) is 0 Å². The van der Waals surface area contributed by atoms with Crippen molar-refractivity contribution in [3.05, 3.63) is 38.5 Å². The third-order valence-corrected chi connectivity index (χ3v) is 4.22. The largest absolute Gasteiger partial charge is 0.308 e. The van der Waals surface area contributed by atoms with Crippen molar-refractivity contribution in [1.29, 1.82) is 0 Å². The summed E-state index contributed by atoms with van der Waals surface area (Å²) < 4.78 is 0. The molecule has 0 spiro atoms. The summed E-state index contributed by atoms with van der Waals surface area (Å²) in [4.78, 5) is 5.88. The Kier molecular flexibility index (Phi) is 4.09. The number of thiophene rings is 1. The Bertz CT molecular complexity index is 420. The summed E-state index contributed by atoms with van der Waals surface area (Å²) in [5.41, 5.74) is 1.12. The van der Waals surface area contributed by atoms with E-state index in [1.54, 1.807) is 11.3 Å². The number of aryl methyl sites for hydroxylation is 1. The minimum atomic E-state index is 0.503. The van der Waals surface area contributed by atoms with Crippen molar-refractivity contribution >= 4 is 22.7 Å². The maximum Gasteiger partial charge on any atom is 0.107 e. The number of rotatable bonds is 5. The molecular weight excluding hydrogens is 236 g/mol. The second-order valence-electron chi connectivity index (χ2n) is 3.95. The van der Waals surface area contributed by atoms with Gasteiger partial charge in [-0.15, -0.1) is 22.7 Å². The molecule has 0 aliphatic heterocycles.